The molecule has 2 aromatic rings. The van der Waals surface area contributed by atoms with Crippen LogP contribution in [0.4, 0.5) is 5.69 Å². The molecule has 0 saturated heterocycles. The Morgan fingerprint density at radius 3 is 2.03 bits per heavy atom. The van der Waals surface area contributed by atoms with Crippen molar-refractivity contribution in [3.63, 3.8) is 0 Å². The van der Waals surface area contributed by atoms with Gasteiger partial charge in [-0.05, 0) is 36.3 Å². The zero-order valence-electron chi connectivity index (χ0n) is 17.0. The van der Waals surface area contributed by atoms with E-state index in [9.17, 15) is 14.7 Å². The van der Waals surface area contributed by atoms with Crippen LogP contribution in [0.25, 0.3) is 0 Å². The van der Waals surface area contributed by atoms with Crippen molar-refractivity contribution < 1.29 is 19.9 Å². The lowest BCUT2D eigenvalue weighted by atomic mass is 10.1. The first-order valence-electron chi connectivity index (χ1n) is 9.79. The van der Waals surface area contributed by atoms with E-state index in [1.54, 1.807) is 18.2 Å². The zero-order valence-corrected chi connectivity index (χ0v) is 17.0. The number of aromatic hydroxyl groups is 1. The fraction of sp³-hybridized carbons (Fsp3) is 0.364. The number of phenols is 1. The third-order valence-electron chi connectivity index (χ3n) is 4.83. The zero-order chi connectivity index (χ0) is 21.2. The number of amides is 2. The van der Waals surface area contributed by atoms with Crippen molar-refractivity contribution in [3.8, 4) is 5.75 Å². The Hall–Kier alpha value is -2.90. The van der Waals surface area contributed by atoms with E-state index in [0.29, 0.717) is 5.69 Å². The summed E-state index contributed by atoms with van der Waals surface area (Å²) in [5.41, 5.74) is 4.02. The summed E-state index contributed by atoms with van der Waals surface area (Å²) in [6, 6.07) is 14.6. The van der Waals surface area contributed by atoms with Gasteiger partial charge in [-0.1, -0.05) is 50.2 Å². The van der Waals surface area contributed by atoms with E-state index in [2.05, 4.69) is 18.7 Å². The number of hydrogen-bond donors (Lipinski definition) is 3. The molecular formula is C22H29N3O4. The van der Waals surface area contributed by atoms with E-state index in [1.807, 2.05) is 24.3 Å². The lowest BCUT2D eigenvalue weighted by Crippen LogP contribution is -2.31. The van der Waals surface area contributed by atoms with Crippen LogP contribution in [0, 0.1) is 0 Å². The fourth-order valence-corrected chi connectivity index (χ4v) is 3.05. The first-order chi connectivity index (χ1) is 14.0. The Morgan fingerprint density at radius 2 is 1.48 bits per heavy atom. The fourth-order valence-electron chi connectivity index (χ4n) is 3.05. The normalized spacial score (nSPS) is 10.8. The molecule has 0 heterocycles. The Balaban J connectivity index is 2.18. The number of phenolic OH excluding ortho intramolecular Hbond substituents is 1. The van der Waals surface area contributed by atoms with Gasteiger partial charge in [0.2, 0.25) is 11.8 Å². The number of nitrogens with zero attached hydrogens (tertiary/aromatic N) is 2. The molecule has 7 heteroatoms. The van der Waals surface area contributed by atoms with E-state index in [1.165, 1.54) is 22.0 Å². The van der Waals surface area contributed by atoms with E-state index >= 15 is 0 Å². The minimum Gasteiger partial charge on any atom is -0.506 e. The van der Waals surface area contributed by atoms with Crippen molar-refractivity contribution in [1.82, 2.24) is 10.4 Å². The van der Waals surface area contributed by atoms with Crippen LogP contribution in [0.5, 0.6) is 5.75 Å². The standard InChI is InChI=1S/C22H29N3O4/c1-3-24(4-2)15-17-9-11-18(12-10-17)16-25(19-7-5-6-8-20(19)26)22(28)14-13-21(27)23-29/h5-12,26,29H,3-4,13-16H2,1-2H3,(H,23,27). The van der Waals surface area contributed by atoms with Crippen molar-refractivity contribution in [2.45, 2.75) is 39.8 Å². The van der Waals surface area contributed by atoms with Crippen LogP contribution in [0.3, 0.4) is 0 Å². The summed E-state index contributed by atoms with van der Waals surface area (Å²) < 4.78 is 0. The maximum absolute atomic E-state index is 12.8. The van der Waals surface area contributed by atoms with Crippen LogP contribution in [0.15, 0.2) is 48.5 Å². The molecule has 29 heavy (non-hydrogen) atoms. The van der Waals surface area contributed by atoms with Gasteiger partial charge >= 0.3 is 0 Å². The van der Waals surface area contributed by atoms with E-state index in [0.717, 1.165) is 25.2 Å². The smallest absolute Gasteiger partial charge is 0.243 e. The second-order valence-corrected chi connectivity index (χ2v) is 6.78. The molecule has 0 aromatic heterocycles. The van der Waals surface area contributed by atoms with Crippen LogP contribution in [0.2, 0.25) is 0 Å². The topological polar surface area (TPSA) is 93.1 Å². The lowest BCUT2D eigenvalue weighted by Gasteiger charge is -2.24. The molecule has 0 bridgehead atoms. The molecule has 0 aliphatic rings. The van der Waals surface area contributed by atoms with Crippen LogP contribution in [-0.2, 0) is 22.7 Å². The second-order valence-electron chi connectivity index (χ2n) is 6.78. The maximum Gasteiger partial charge on any atom is 0.243 e. The minimum absolute atomic E-state index is 0.00869. The van der Waals surface area contributed by atoms with Crippen LogP contribution in [-0.4, -0.2) is 40.1 Å². The molecule has 156 valence electrons. The summed E-state index contributed by atoms with van der Waals surface area (Å²) in [5.74, 6) is -0.954. The Kier molecular flexibility index (Phi) is 8.64. The van der Waals surface area contributed by atoms with Gasteiger partial charge in [0.25, 0.3) is 0 Å². The van der Waals surface area contributed by atoms with Crippen molar-refractivity contribution in [3.05, 3.63) is 59.7 Å². The highest BCUT2D eigenvalue weighted by molar-refractivity contribution is 5.96. The van der Waals surface area contributed by atoms with Gasteiger partial charge in [-0.2, -0.15) is 0 Å². The second kappa shape index (κ2) is 11.2. The highest BCUT2D eigenvalue weighted by atomic mass is 16.5. The Morgan fingerprint density at radius 1 is 0.897 bits per heavy atom. The van der Waals surface area contributed by atoms with Gasteiger partial charge in [0.05, 0.1) is 12.2 Å². The number of para-hydroxylation sites is 2. The van der Waals surface area contributed by atoms with E-state index in [-0.39, 0.29) is 31.0 Å². The number of carbonyl (C=O) groups is 2. The first-order valence-corrected chi connectivity index (χ1v) is 9.79. The van der Waals surface area contributed by atoms with E-state index < -0.39 is 5.91 Å². The Bertz CT molecular complexity index is 804. The molecule has 0 unspecified atom stereocenters. The molecule has 0 aliphatic heterocycles. The molecular weight excluding hydrogens is 370 g/mol. The van der Waals surface area contributed by atoms with Crippen molar-refractivity contribution >= 4 is 17.5 Å². The Labute approximate surface area is 171 Å². The number of hydrogen-bond acceptors (Lipinski definition) is 5. The molecule has 0 saturated carbocycles. The van der Waals surface area contributed by atoms with Gasteiger partial charge in [-0.25, -0.2) is 5.48 Å². The molecule has 0 radical (unpaired) electrons. The highest BCUT2D eigenvalue weighted by Crippen LogP contribution is 2.29. The van der Waals surface area contributed by atoms with Crippen molar-refractivity contribution in [2.24, 2.45) is 0 Å². The summed E-state index contributed by atoms with van der Waals surface area (Å²) in [5, 5.41) is 18.8. The van der Waals surface area contributed by atoms with Gasteiger partial charge in [-0.3, -0.25) is 19.7 Å². The summed E-state index contributed by atoms with van der Waals surface area (Å²) in [4.78, 5) is 27.8. The molecule has 3 N–H and O–H groups in total. The number of hydroxylamine groups is 1. The van der Waals surface area contributed by atoms with Crippen LogP contribution in [0.1, 0.15) is 37.8 Å². The molecule has 0 fully saturated rings. The number of rotatable bonds is 10. The molecule has 2 rings (SSSR count). The molecule has 0 spiro atoms. The lowest BCUT2D eigenvalue weighted by molar-refractivity contribution is -0.131. The molecule has 2 aromatic carbocycles. The third-order valence-corrected chi connectivity index (χ3v) is 4.83. The first kappa shape index (κ1) is 22.4. The quantitative estimate of drug-likeness (QED) is 0.422. The number of anilines is 1. The van der Waals surface area contributed by atoms with Crippen LogP contribution >= 0.6 is 0 Å². The van der Waals surface area contributed by atoms with E-state index in [4.69, 9.17) is 5.21 Å². The third kappa shape index (κ3) is 6.58. The minimum atomic E-state index is -0.628. The highest BCUT2D eigenvalue weighted by Gasteiger charge is 2.20. The maximum atomic E-state index is 12.8. The number of carbonyl (C=O) groups excluding carboxylic acids is 2. The van der Waals surface area contributed by atoms with Crippen LogP contribution < -0.4 is 10.4 Å². The predicted octanol–water partition coefficient (Wildman–Crippen LogP) is 3.05. The molecule has 0 aliphatic carbocycles. The summed E-state index contributed by atoms with van der Waals surface area (Å²) >= 11 is 0. The average Bonchev–Trinajstić information content (AvgIpc) is 2.75. The van der Waals surface area contributed by atoms with Crippen molar-refractivity contribution in [2.75, 3.05) is 18.0 Å². The summed E-state index contributed by atoms with van der Waals surface area (Å²) in [6.07, 6.45) is -0.219. The number of nitrogens with one attached hydrogen (secondary N) is 1. The SMILES string of the molecule is CCN(CC)Cc1ccc(CN(C(=O)CCC(=O)NO)c2ccccc2O)cc1. The molecule has 0 atom stereocenters. The molecule has 2 amide bonds. The van der Waals surface area contributed by atoms with Gasteiger partial charge in [0, 0.05) is 19.4 Å². The average molecular weight is 399 g/mol. The van der Waals surface area contributed by atoms with Gasteiger partial charge < -0.3 is 10.0 Å². The molecule has 7 nitrogen and oxygen atoms in total. The summed E-state index contributed by atoms with van der Waals surface area (Å²) in [7, 11) is 0. The van der Waals surface area contributed by atoms with Gasteiger partial charge in [0.1, 0.15) is 5.75 Å². The van der Waals surface area contributed by atoms with Gasteiger partial charge in [-0.15, -0.1) is 0 Å². The monoisotopic (exact) mass is 399 g/mol. The largest absolute Gasteiger partial charge is 0.506 e. The van der Waals surface area contributed by atoms with Crippen molar-refractivity contribution in [1.29, 1.82) is 0 Å². The number of benzene rings is 2. The van der Waals surface area contributed by atoms with Gasteiger partial charge in [0.15, 0.2) is 0 Å². The summed E-state index contributed by atoms with van der Waals surface area (Å²) in [6.45, 7) is 7.36. The predicted molar refractivity (Wildman–Crippen MR) is 112 cm³/mol.